The number of hydrogen-bond acceptors (Lipinski definition) is 4. The summed E-state index contributed by atoms with van der Waals surface area (Å²) in [6, 6.07) is -0.723. The fourth-order valence-electron chi connectivity index (χ4n) is 1.79. The first-order chi connectivity index (χ1) is 8.43. The molecule has 3 N–H and O–H groups in total. The SMILES string of the molecule is CCCCC(C(=O)O)N(CCO)CC(C)C(=O)O. The van der Waals surface area contributed by atoms with E-state index in [-0.39, 0.29) is 19.7 Å². The third kappa shape index (κ3) is 5.97. The molecule has 0 aromatic rings. The molecular weight excluding hydrogens is 238 g/mol. The lowest BCUT2D eigenvalue weighted by Crippen LogP contribution is -2.45. The van der Waals surface area contributed by atoms with Crippen molar-refractivity contribution in [3.8, 4) is 0 Å². The Labute approximate surface area is 107 Å². The molecule has 0 spiro atoms. The zero-order chi connectivity index (χ0) is 14.1. The van der Waals surface area contributed by atoms with Gasteiger partial charge in [0.1, 0.15) is 6.04 Å². The summed E-state index contributed by atoms with van der Waals surface area (Å²) in [6.07, 6.45) is 2.11. The van der Waals surface area contributed by atoms with Crippen molar-refractivity contribution < 1.29 is 24.9 Å². The zero-order valence-corrected chi connectivity index (χ0v) is 11.0. The second-order valence-corrected chi connectivity index (χ2v) is 4.45. The van der Waals surface area contributed by atoms with E-state index in [4.69, 9.17) is 10.2 Å². The van der Waals surface area contributed by atoms with Gasteiger partial charge in [-0.25, -0.2) is 0 Å². The van der Waals surface area contributed by atoms with Crippen molar-refractivity contribution in [3.05, 3.63) is 0 Å². The van der Waals surface area contributed by atoms with Gasteiger partial charge in [-0.2, -0.15) is 0 Å². The molecule has 106 valence electrons. The average Bonchev–Trinajstić information content (AvgIpc) is 2.28. The number of carbonyl (C=O) groups is 2. The van der Waals surface area contributed by atoms with E-state index in [1.165, 1.54) is 11.8 Å². The van der Waals surface area contributed by atoms with Crippen molar-refractivity contribution in [2.75, 3.05) is 19.7 Å². The van der Waals surface area contributed by atoms with Gasteiger partial charge in [-0.15, -0.1) is 0 Å². The lowest BCUT2D eigenvalue weighted by molar-refractivity contribution is -0.147. The van der Waals surface area contributed by atoms with Crippen LogP contribution >= 0.6 is 0 Å². The molecule has 0 saturated carbocycles. The fraction of sp³-hybridized carbons (Fsp3) is 0.833. The van der Waals surface area contributed by atoms with Crippen LogP contribution in [0.3, 0.4) is 0 Å². The van der Waals surface area contributed by atoms with Gasteiger partial charge in [0, 0.05) is 13.1 Å². The van der Waals surface area contributed by atoms with Crippen LogP contribution in [0.5, 0.6) is 0 Å². The second-order valence-electron chi connectivity index (χ2n) is 4.45. The molecule has 0 aromatic carbocycles. The highest BCUT2D eigenvalue weighted by atomic mass is 16.4. The molecule has 6 heteroatoms. The summed E-state index contributed by atoms with van der Waals surface area (Å²) >= 11 is 0. The number of nitrogens with zero attached hydrogens (tertiary/aromatic N) is 1. The number of aliphatic hydroxyl groups excluding tert-OH is 1. The molecule has 2 unspecified atom stereocenters. The minimum atomic E-state index is -0.963. The summed E-state index contributed by atoms with van der Waals surface area (Å²) in [6.45, 7) is 3.64. The Hall–Kier alpha value is -1.14. The summed E-state index contributed by atoms with van der Waals surface area (Å²) in [5.74, 6) is -2.58. The molecular formula is C12H23NO5. The van der Waals surface area contributed by atoms with Crippen molar-refractivity contribution >= 4 is 11.9 Å². The lowest BCUT2D eigenvalue weighted by Gasteiger charge is -2.29. The Morgan fingerprint density at radius 1 is 1.22 bits per heavy atom. The Bertz CT molecular complexity index is 269. The molecule has 6 nitrogen and oxygen atoms in total. The van der Waals surface area contributed by atoms with Crippen LogP contribution in [0.1, 0.15) is 33.1 Å². The van der Waals surface area contributed by atoms with E-state index < -0.39 is 23.9 Å². The molecule has 0 aliphatic heterocycles. The van der Waals surface area contributed by atoms with Crippen molar-refractivity contribution in [1.82, 2.24) is 4.90 Å². The van der Waals surface area contributed by atoms with Crippen LogP contribution < -0.4 is 0 Å². The Kier molecular flexibility index (Phi) is 8.32. The first kappa shape index (κ1) is 16.9. The number of carboxylic acids is 2. The molecule has 0 aromatic heterocycles. The highest BCUT2D eigenvalue weighted by molar-refractivity contribution is 5.74. The van der Waals surface area contributed by atoms with Gasteiger partial charge in [0.2, 0.25) is 0 Å². The molecule has 18 heavy (non-hydrogen) atoms. The zero-order valence-electron chi connectivity index (χ0n) is 11.0. The first-order valence-corrected chi connectivity index (χ1v) is 6.24. The second kappa shape index (κ2) is 8.88. The monoisotopic (exact) mass is 261 g/mol. The van der Waals surface area contributed by atoms with Gasteiger partial charge < -0.3 is 15.3 Å². The first-order valence-electron chi connectivity index (χ1n) is 6.24. The third-order valence-corrected chi connectivity index (χ3v) is 2.87. The number of rotatable bonds is 10. The van der Waals surface area contributed by atoms with Gasteiger partial charge in [-0.1, -0.05) is 26.7 Å². The molecule has 0 heterocycles. The van der Waals surface area contributed by atoms with E-state index in [1.54, 1.807) is 0 Å². The van der Waals surface area contributed by atoms with Crippen LogP contribution in [0.2, 0.25) is 0 Å². The third-order valence-electron chi connectivity index (χ3n) is 2.87. The van der Waals surface area contributed by atoms with Gasteiger partial charge >= 0.3 is 11.9 Å². The Morgan fingerprint density at radius 2 is 1.83 bits per heavy atom. The standard InChI is InChI=1S/C12H23NO5/c1-3-4-5-10(12(17)18)13(6-7-14)8-9(2)11(15)16/h9-10,14H,3-8H2,1-2H3,(H,15,16)(H,17,18). The summed E-state index contributed by atoms with van der Waals surface area (Å²) in [4.78, 5) is 23.5. The molecule has 0 rings (SSSR count). The van der Waals surface area contributed by atoms with E-state index in [1.807, 2.05) is 6.92 Å². The molecule has 0 saturated heterocycles. The maximum atomic E-state index is 11.2. The topological polar surface area (TPSA) is 98.1 Å². The molecule has 0 radical (unpaired) electrons. The summed E-state index contributed by atoms with van der Waals surface area (Å²) in [5.41, 5.74) is 0. The van der Waals surface area contributed by atoms with Gasteiger partial charge in [0.05, 0.1) is 12.5 Å². The highest BCUT2D eigenvalue weighted by Crippen LogP contribution is 2.12. The van der Waals surface area contributed by atoms with Crippen LogP contribution in [0.4, 0.5) is 0 Å². The fourth-order valence-corrected chi connectivity index (χ4v) is 1.79. The molecule has 0 bridgehead atoms. The largest absolute Gasteiger partial charge is 0.481 e. The van der Waals surface area contributed by atoms with E-state index in [2.05, 4.69) is 0 Å². The van der Waals surface area contributed by atoms with Crippen molar-refractivity contribution in [2.24, 2.45) is 5.92 Å². The summed E-state index contributed by atoms with van der Waals surface area (Å²) in [7, 11) is 0. The van der Waals surface area contributed by atoms with E-state index in [9.17, 15) is 14.7 Å². The molecule has 0 fully saturated rings. The summed E-state index contributed by atoms with van der Waals surface area (Å²) < 4.78 is 0. The van der Waals surface area contributed by atoms with Crippen LogP contribution in [-0.2, 0) is 9.59 Å². The number of carboxylic acid groups (broad SMARTS) is 2. The van der Waals surface area contributed by atoms with E-state index >= 15 is 0 Å². The average molecular weight is 261 g/mol. The van der Waals surface area contributed by atoms with Crippen LogP contribution in [0.25, 0.3) is 0 Å². The van der Waals surface area contributed by atoms with Crippen LogP contribution in [0, 0.1) is 5.92 Å². The molecule has 0 aliphatic rings. The smallest absolute Gasteiger partial charge is 0.320 e. The van der Waals surface area contributed by atoms with Crippen molar-refractivity contribution in [3.63, 3.8) is 0 Å². The molecule has 0 amide bonds. The maximum Gasteiger partial charge on any atom is 0.320 e. The van der Waals surface area contributed by atoms with E-state index in [0.29, 0.717) is 6.42 Å². The number of aliphatic hydroxyl groups is 1. The van der Waals surface area contributed by atoms with Crippen LogP contribution in [-0.4, -0.2) is 57.9 Å². The summed E-state index contributed by atoms with van der Waals surface area (Å²) in [5, 5.41) is 27.0. The van der Waals surface area contributed by atoms with Gasteiger partial charge in [0.25, 0.3) is 0 Å². The minimum absolute atomic E-state index is 0.135. The van der Waals surface area contributed by atoms with Gasteiger partial charge in [-0.3, -0.25) is 14.5 Å². The van der Waals surface area contributed by atoms with Crippen molar-refractivity contribution in [1.29, 1.82) is 0 Å². The Morgan fingerprint density at radius 3 is 2.22 bits per heavy atom. The van der Waals surface area contributed by atoms with Gasteiger partial charge in [-0.05, 0) is 6.42 Å². The predicted octanol–water partition coefficient (Wildman–Crippen LogP) is 0.645. The quantitative estimate of drug-likeness (QED) is 0.534. The highest BCUT2D eigenvalue weighted by Gasteiger charge is 2.27. The Balaban J connectivity index is 4.68. The molecule has 2 atom stereocenters. The minimum Gasteiger partial charge on any atom is -0.481 e. The van der Waals surface area contributed by atoms with Crippen molar-refractivity contribution in [2.45, 2.75) is 39.2 Å². The lowest BCUT2D eigenvalue weighted by atomic mass is 10.1. The normalized spacial score (nSPS) is 14.4. The number of aliphatic carboxylic acids is 2. The van der Waals surface area contributed by atoms with Gasteiger partial charge in [0.15, 0.2) is 0 Å². The maximum absolute atomic E-state index is 11.2. The number of unbranched alkanes of at least 4 members (excludes halogenated alkanes) is 1. The van der Waals surface area contributed by atoms with Crippen LogP contribution in [0.15, 0.2) is 0 Å². The predicted molar refractivity (Wildman–Crippen MR) is 66.4 cm³/mol. The number of hydrogen-bond donors (Lipinski definition) is 3. The van der Waals surface area contributed by atoms with E-state index in [0.717, 1.165) is 12.8 Å². The molecule has 0 aliphatic carbocycles.